The molecule has 0 aliphatic carbocycles. The van der Waals surface area contributed by atoms with Crippen LogP contribution in [-0.4, -0.2) is 37.7 Å². The van der Waals surface area contributed by atoms with Crippen molar-refractivity contribution >= 4 is 28.8 Å². The Kier molecular flexibility index (Phi) is 5.64. The van der Waals surface area contributed by atoms with E-state index in [0.29, 0.717) is 28.4 Å². The largest absolute Gasteiger partial charge is 0.493 e. The normalized spacial score (nSPS) is 10.9. The SMILES string of the molecule is COc1cc(/C=C/C(=O)c2cc3cccc(OC)c3o2)ccc1OCC(=O)O. The van der Waals surface area contributed by atoms with Crippen LogP contribution in [0.15, 0.2) is 53.0 Å². The Balaban J connectivity index is 1.79. The monoisotopic (exact) mass is 382 g/mol. The minimum absolute atomic E-state index is 0.198. The summed E-state index contributed by atoms with van der Waals surface area (Å²) in [4.78, 5) is 23.1. The summed E-state index contributed by atoms with van der Waals surface area (Å²) in [5, 5.41) is 9.48. The molecule has 1 heterocycles. The minimum atomic E-state index is -1.08. The molecule has 7 heteroatoms. The Labute approximate surface area is 160 Å². The quantitative estimate of drug-likeness (QED) is 0.467. The van der Waals surface area contributed by atoms with Crippen molar-refractivity contribution in [1.29, 1.82) is 0 Å². The molecule has 0 bridgehead atoms. The predicted octanol–water partition coefficient (Wildman–Crippen LogP) is 3.81. The fraction of sp³-hybridized carbons (Fsp3) is 0.143. The standard InChI is InChI=1S/C21H18O7/c1-25-17-5-3-4-14-11-18(28-21(14)17)15(22)8-6-13-7-9-16(19(10-13)26-2)27-12-20(23)24/h3-11H,12H2,1-2H3,(H,23,24)/b8-6+. The van der Waals surface area contributed by atoms with Gasteiger partial charge in [0.05, 0.1) is 14.2 Å². The van der Waals surface area contributed by atoms with Crippen LogP contribution in [0.5, 0.6) is 17.2 Å². The Morgan fingerprint density at radius 2 is 1.82 bits per heavy atom. The van der Waals surface area contributed by atoms with Crippen LogP contribution in [0, 0.1) is 0 Å². The van der Waals surface area contributed by atoms with Gasteiger partial charge in [-0.3, -0.25) is 4.79 Å². The van der Waals surface area contributed by atoms with Crippen LogP contribution in [0.4, 0.5) is 0 Å². The number of carboxylic acid groups (broad SMARTS) is 1. The molecule has 0 aliphatic rings. The average Bonchev–Trinajstić information content (AvgIpc) is 3.15. The smallest absolute Gasteiger partial charge is 0.341 e. The summed E-state index contributed by atoms with van der Waals surface area (Å²) in [6.07, 6.45) is 2.99. The lowest BCUT2D eigenvalue weighted by molar-refractivity contribution is -0.139. The summed E-state index contributed by atoms with van der Waals surface area (Å²) in [5.74, 6) is 0.0379. The summed E-state index contributed by atoms with van der Waals surface area (Å²) in [6, 6.07) is 12.0. The van der Waals surface area contributed by atoms with Crippen LogP contribution in [-0.2, 0) is 4.79 Å². The molecule has 0 radical (unpaired) electrons. The van der Waals surface area contributed by atoms with Crippen molar-refractivity contribution < 1.29 is 33.3 Å². The fourth-order valence-corrected chi connectivity index (χ4v) is 2.62. The van der Waals surface area contributed by atoms with Gasteiger partial charge in [-0.25, -0.2) is 4.79 Å². The number of para-hydroxylation sites is 1. The second-order valence-corrected chi connectivity index (χ2v) is 5.78. The maximum absolute atomic E-state index is 12.4. The first kappa shape index (κ1) is 19.0. The molecule has 28 heavy (non-hydrogen) atoms. The van der Waals surface area contributed by atoms with Gasteiger partial charge in [-0.05, 0) is 35.9 Å². The molecule has 0 aliphatic heterocycles. The van der Waals surface area contributed by atoms with E-state index < -0.39 is 12.6 Å². The second-order valence-electron chi connectivity index (χ2n) is 5.78. The average molecular weight is 382 g/mol. The number of methoxy groups -OCH3 is 2. The van der Waals surface area contributed by atoms with Crippen molar-refractivity contribution in [1.82, 2.24) is 0 Å². The van der Waals surface area contributed by atoms with E-state index in [1.54, 1.807) is 36.4 Å². The number of hydrogen-bond acceptors (Lipinski definition) is 6. The first-order chi connectivity index (χ1) is 13.5. The Morgan fingerprint density at radius 1 is 1.04 bits per heavy atom. The lowest BCUT2D eigenvalue weighted by Crippen LogP contribution is -2.10. The number of carbonyl (C=O) groups is 2. The zero-order valence-corrected chi connectivity index (χ0v) is 15.3. The second kappa shape index (κ2) is 8.30. The molecule has 0 saturated carbocycles. The predicted molar refractivity (Wildman–Crippen MR) is 102 cm³/mol. The van der Waals surface area contributed by atoms with Gasteiger partial charge in [0.2, 0.25) is 5.78 Å². The van der Waals surface area contributed by atoms with E-state index in [1.165, 1.54) is 20.3 Å². The number of allylic oxidation sites excluding steroid dienone is 1. The van der Waals surface area contributed by atoms with E-state index in [9.17, 15) is 9.59 Å². The number of carboxylic acids is 1. The summed E-state index contributed by atoms with van der Waals surface area (Å²) in [7, 11) is 2.99. The summed E-state index contributed by atoms with van der Waals surface area (Å²) < 4.78 is 21.2. The van der Waals surface area contributed by atoms with E-state index in [-0.39, 0.29) is 11.5 Å². The molecular formula is C21H18O7. The highest BCUT2D eigenvalue weighted by molar-refractivity contribution is 6.07. The van der Waals surface area contributed by atoms with E-state index in [1.807, 2.05) is 12.1 Å². The molecular weight excluding hydrogens is 364 g/mol. The maximum Gasteiger partial charge on any atom is 0.341 e. The van der Waals surface area contributed by atoms with Crippen LogP contribution >= 0.6 is 0 Å². The number of furan rings is 1. The third-order valence-electron chi connectivity index (χ3n) is 3.94. The van der Waals surface area contributed by atoms with E-state index in [0.717, 1.165) is 5.39 Å². The number of carbonyl (C=O) groups excluding carboxylic acids is 1. The number of aliphatic carboxylic acids is 1. The first-order valence-electron chi connectivity index (χ1n) is 8.33. The van der Waals surface area contributed by atoms with Crippen LogP contribution in [0.2, 0.25) is 0 Å². The number of benzene rings is 2. The zero-order chi connectivity index (χ0) is 20.1. The van der Waals surface area contributed by atoms with Crippen LogP contribution < -0.4 is 14.2 Å². The van der Waals surface area contributed by atoms with Gasteiger partial charge in [0.1, 0.15) is 0 Å². The molecule has 144 valence electrons. The maximum atomic E-state index is 12.4. The molecule has 0 amide bonds. The fourth-order valence-electron chi connectivity index (χ4n) is 2.62. The highest BCUT2D eigenvalue weighted by Gasteiger charge is 2.13. The Morgan fingerprint density at radius 3 is 2.54 bits per heavy atom. The molecule has 7 nitrogen and oxygen atoms in total. The van der Waals surface area contributed by atoms with Gasteiger partial charge >= 0.3 is 5.97 Å². The molecule has 2 aromatic carbocycles. The molecule has 1 aromatic heterocycles. The highest BCUT2D eigenvalue weighted by Crippen LogP contribution is 2.30. The van der Waals surface area contributed by atoms with E-state index >= 15 is 0 Å². The summed E-state index contributed by atoms with van der Waals surface area (Å²) in [5.41, 5.74) is 1.20. The minimum Gasteiger partial charge on any atom is -0.493 e. The topological polar surface area (TPSA) is 95.2 Å². The van der Waals surface area contributed by atoms with Gasteiger partial charge in [0.25, 0.3) is 0 Å². The van der Waals surface area contributed by atoms with Crippen LogP contribution in [0.25, 0.3) is 17.0 Å². The molecule has 3 rings (SSSR count). The third-order valence-corrected chi connectivity index (χ3v) is 3.94. The molecule has 1 N–H and O–H groups in total. The number of ketones is 1. The van der Waals surface area contributed by atoms with Gasteiger partial charge in [0, 0.05) is 5.39 Å². The highest BCUT2D eigenvalue weighted by atomic mass is 16.5. The van der Waals surface area contributed by atoms with Gasteiger partial charge < -0.3 is 23.7 Å². The third kappa shape index (κ3) is 4.15. The summed E-state index contributed by atoms with van der Waals surface area (Å²) >= 11 is 0. The number of fused-ring (bicyclic) bond motifs is 1. The number of ether oxygens (including phenoxy) is 3. The van der Waals surface area contributed by atoms with Crippen molar-refractivity contribution in [2.45, 2.75) is 0 Å². The molecule has 0 fully saturated rings. The summed E-state index contributed by atoms with van der Waals surface area (Å²) in [6.45, 7) is -0.473. The number of hydrogen-bond donors (Lipinski definition) is 1. The van der Waals surface area contributed by atoms with Crippen molar-refractivity contribution in [3.05, 3.63) is 59.9 Å². The van der Waals surface area contributed by atoms with Gasteiger partial charge in [-0.1, -0.05) is 24.3 Å². The van der Waals surface area contributed by atoms with Crippen molar-refractivity contribution in [3.8, 4) is 17.2 Å². The number of rotatable bonds is 8. The van der Waals surface area contributed by atoms with Crippen LogP contribution in [0.3, 0.4) is 0 Å². The lowest BCUT2D eigenvalue weighted by atomic mass is 10.1. The lowest BCUT2D eigenvalue weighted by Gasteiger charge is -2.09. The Bertz CT molecular complexity index is 1050. The Hall–Kier alpha value is -3.74. The molecule has 0 spiro atoms. The zero-order valence-electron chi connectivity index (χ0n) is 15.3. The van der Waals surface area contributed by atoms with E-state index in [4.69, 9.17) is 23.7 Å². The van der Waals surface area contributed by atoms with Gasteiger partial charge in [-0.15, -0.1) is 0 Å². The van der Waals surface area contributed by atoms with E-state index in [2.05, 4.69) is 0 Å². The molecule has 0 saturated heterocycles. The first-order valence-corrected chi connectivity index (χ1v) is 8.33. The van der Waals surface area contributed by atoms with Crippen molar-refractivity contribution in [2.75, 3.05) is 20.8 Å². The van der Waals surface area contributed by atoms with Gasteiger partial charge in [-0.2, -0.15) is 0 Å². The van der Waals surface area contributed by atoms with Gasteiger partial charge in [0.15, 0.2) is 35.2 Å². The van der Waals surface area contributed by atoms with Crippen LogP contribution in [0.1, 0.15) is 16.1 Å². The van der Waals surface area contributed by atoms with Crippen molar-refractivity contribution in [3.63, 3.8) is 0 Å². The molecule has 0 atom stereocenters. The molecule has 3 aromatic rings. The van der Waals surface area contributed by atoms with Crippen molar-refractivity contribution in [2.24, 2.45) is 0 Å². The molecule has 0 unspecified atom stereocenters.